The average molecular weight is 236 g/mol. The maximum Gasteiger partial charge on any atom is 0.195 e. The van der Waals surface area contributed by atoms with Crippen LogP contribution in [0.3, 0.4) is 0 Å². The van der Waals surface area contributed by atoms with Gasteiger partial charge < -0.3 is 14.5 Å². The number of rotatable bonds is 3. The van der Waals surface area contributed by atoms with Crippen LogP contribution >= 0.6 is 0 Å². The molecule has 0 aliphatic carbocycles. The number of hydrogen-bond donors (Lipinski definition) is 1. The summed E-state index contributed by atoms with van der Waals surface area (Å²) in [6.45, 7) is 5.08. The zero-order valence-corrected chi connectivity index (χ0v) is 10.4. The van der Waals surface area contributed by atoms with Crippen LogP contribution in [0.15, 0.2) is 4.42 Å². The highest BCUT2D eigenvalue weighted by Gasteiger charge is 2.25. The normalized spacial score (nSPS) is 29.0. The third-order valence-corrected chi connectivity index (χ3v) is 3.74. The Balaban J connectivity index is 1.70. The SMILES string of the molecule is Cc1oc(CC2CCNC2)nc1C1CCCO1. The molecule has 94 valence electrons. The summed E-state index contributed by atoms with van der Waals surface area (Å²) in [7, 11) is 0. The topological polar surface area (TPSA) is 47.3 Å². The molecule has 4 nitrogen and oxygen atoms in total. The molecule has 0 spiro atoms. The van der Waals surface area contributed by atoms with Gasteiger partial charge in [0.05, 0.1) is 0 Å². The van der Waals surface area contributed by atoms with Crippen LogP contribution in [0.2, 0.25) is 0 Å². The molecular formula is C13H20N2O2. The first kappa shape index (κ1) is 11.2. The van der Waals surface area contributed by atoms with Gasteiger partial charge in [-0.2, -0.15) is 0 Å². The first-order valence-corrected chi connectivity index (χ1v) is 6.61. The van der Waals surface area contributed by atoms with E-state index in [4.69, 9.17) is 9.15 Å². The fraction of sp³-hybridized carbons (Fsp3) is 0.769. The Kier molecular flexibility index (Phi) is 3.16. The lowest BCUT2D eigenvalue weighted by Crippen LogP contribution is -2.11. The first-order chi connectivity index (χ1) is 8.33. The number of nitrogens with zero attached hydrogens (tertiary/aromatic N) is 1. The van der Waals surface area contributed by atoms with Crippen molar-refractivity contribution >= 4 is 0 Å². The van der Waals surface area contributed by atoms with Gasteiger partial charge in [-0.15, -0.1) is 0 Å². The maximum absolute atomic E-state index is 5.77. The highest BCUT2D eigenvalue weighted by atomic mass is 16.5. The summed E-state index contributed by atoms with van der Waals surface area (Å²) in [6.07, 6.45) is 4.59. The second-order valence-electron chi connectivity index (χ2n) is 5.11. The lowest BCUT2D eigenvalue weighted by Gasteiger charge is -2.05. The molecule has 0 amide bonds. The minimum atomic E-state index is 0.175. The van der Waals surface area contributed by atoms with Gasteiger partial charge in [0.15, 0.2) is 5.89 Å². The summed E-state index contributed by atoms with van der Waals surface area (Å²) < 4.78 is 11.4. The van der Waals surface area contributed by atoms with Crippen LogP contribution in [0, 0.1) is 12.8 Å². The number of nitrogens with one attached hydrogen (secondary N) is 1. The molecule has 0 saturated carbocycles. The predicted octanol–water partition coefficient (Wildman–Crippen LogP) is 1.99. The van der Waals surface area contributed by atoms with Crippen molar-refractivity contribution in [1.82, 2.24) is 10.3 Å². The molecule has 0 aromatic carbocycles. The molecule has 1 aromatic heterocycles. The summed E-state index contributed by atoms with van der Waals surface area (Å²) in [5.41, 5.74) is 1.03. The number of aryl methyl sites for hydroxylation is 1. The fourth-order valence-electron chi connectivity index (χ4n) is 2.78. The molecule has 17 heavy (non-hydrogen) atoms. The molecule has 2 atom stereocenters. The van der Waals surface area contributed by atoms with Crippen LogP contribution in [0.25, 0.3) is 0 Å². The van der Waals surface area contributed by atoms with Crippen LogP contribution in [-0.4, -0.2) is 24.7 Å². The summed E-state index contributed by atoms with van der Waals surface area (Å²) in [6, 6.07) is 0. The van der Waals surface area contributed by atoms with Gasteiger partial charge in [0.25, 0.3) is 0 Å². The number of oxazole rings is 1. The summed E-state index contributed by atoms with van der Waals surface area (Å²) in [4.78, 5) is 4.64. The van der Waals surface area contributed by atoms with Gasteiger partial charge in [-0.25, -0.2) is 4.98 Å². The molecule has 2 saturated heterocycles. The van der Waals surface area contributed by atoms with Crippen LogP contribution in [0.4, 0.5) is 0 Å². The fourth-order valence-corrected chi connectivity index (χ4v) is 2.78. The van der Waals surface area contributed by atoms with Gasteiger partial charge >= 0.3 is 0 Å². The first-order valence-electron chi connectivity index (χ1n) is 6.61. The zero-order chi connectivity index (χ0) is 11.7. The van der Waals surface area contributed by atoms with Crippen molar-refractivity contribution in [3.63, 3.8) is 0 Å². The molecule has 3 heterocycles. The Hall–Kier alpha value is -0.870. The monoisotopic (exact) mass is 236 g/mol. The van der Waals surface area contributed by atoms with Gasteiger partial charge in [0, 0.05) is 13.0 Å². The van der Waals surface area contributed by atoms with Crippen molar-refractivity contribution < 1.29 is 9.15 Å². The smallest absolute Gasteiger partial charge is 0.195 e. The molecule has 4 heteroatoms. The molecule has 2 aliphatic heterocycles. The Morgan fingerprint density at radius 2 is 2.35 bits per heavy atom. The predicted molar refractivity (Wildman–Crippen MR) is 63.8 cm³/mol. The van der Waals surface area contributed by atoms with Crippen molar-refractivity contribution in [2.75, 3.05) is 19.7 Å². The lowest BCUT2D eigenvalue weighted by molar-refractivity contribution is 0.108. The van der Waals surface area contributed by atoms with Crippen LogP contribution in [-0.2, 0) is 11.2 Å². The van der Waals surface area contributed by atoms with Gasteiger partial charge in [-0.05, 0) is 45.2 Å². The Bertz CT molecular complexity index is 377. The second kappa shape index (κ2) is 4.78. The van der Waals surface area contributed by atoms with E-state index in [0.29, 0.717) is 5.92 Å². The molecule has 2 unspecified atom stereocenters. The molecule has 3 rings (SSSR count). The minimum Gasteiger partial charge on any atom is -0.446 e. The van der Waals surface area contributed by atoms with E-state index in [1.54, 1.807) is 0 Å². The van der Waals surface area contributed by atoms with Crippen molar-refractivity contribution in [2.45, 2.75) is 38.7 Å². The molecule has 2 aliphatic rings. The number of aromatic nitrogens is 1. The molecule has 1 N–H and O–H groups in total. The molecule has 0 radical (unpaired) electrons. The summed E-state index contributed by atoms with van der Waals surface area (Å²) in [5, 5.41) is 3.37. The Morgan fingerprint density at radius 3 is 3.06 bits per heavy atom. The highest BCUT2D eigenvalue weighted by Crippen LogP contribution is 2.31. The van der Waals surface area contributed by atoms with Crippen molar-refractivity contribution in [3.8, 4) is 0 Å². The highest BCUT2D eigenvalue weighted by molar-refractivity contribution is 5.13. The van der Waals surface area contributed by atoms with Crippen LogP contribution < -0.4 is 5.32 Å². The Morgan fingerprint density at radius 1 is 1.41 bits per heavy atom. The van der Waals surface area contributed by atoms with Gasteiger partial charge in [0.1, 0.15) is 17.6 Å². The van der Waals surface area contributed by atoms with E-state index in [-0.39, 0.29) is 6.10 Å². The average Bonchev–Trinajstić information content (AvgIpc) is 3.00. The van der Waals surface area contributed by atoms with Gasteiger partial charge in [-0.1, -0.05) is 0 Å². The summed E-state index contributed by atoms with van der Waals surface area (Å²) in [5.74, 6) is 2.52. The van der Waals surface area contributed by atoms with E-state index in [1.165, 1.54) is 6.42 Å². The van der Waals surface area contributed by atoms with Crippen molar-refractivity contribution in [3.05, 3.63) is 17.3 Å². The van der Waals surface area contributed by atoms with Gasteiger partial charge in [0.2, 0.25) is 0 Å². The molecule has 1 aromatic rings. The quantitative estimate of drug-likeness (QED) is 0.871. The zero-order valence-electron chi connectivity index (χ0n) is 10.4. The van der Waals surface area contributed by atoms with E-state index in [2.05, 4.69) is 10.3 Å². The standard InChI is InChI=1S/C13H20N2O2/c1-9-13(11-3-2-6-16-11)15-12(17-9)7-10-4-5-14-8-10/h10-11,14H,2-8H2,1H3. The maximum atomic E-state index is 5.77. The van der Waals surface area contributed by atoms with E-state index in [0.717, 1.165) is 56.3 Å². The largest absolute Gasteiger partial charge is 0.446 e. The third-order valence-electron chi connectivity index (χ3n) is 3.74. The lowest BCUT2D eigenvalue weighted by atomic mass is 10.1. The van der Waals surface area contributed by atoms with Gasteiger partial charge in [-0.3, -0.25) is 0 Å². The number of ether oxygens (including phenoxy) is 1. The summed E-state index contributed by atoms with van der Waals surface area (Å²) >= 11 is 0. The second-order valence-corrected chi connectivity index (χ2v) is 5.11. The van der Waals surface area contributed by atoms with Crippen LogP contribution in [0.5, 0.6) is 0 Å². The molecule has 2 fully saturated rings. The van der Waals surface area contributed by atoms with E-state index < -0.39 is 0 Å². The number of hydrogen-bond acceptors (Lipinski definition) is 4. The van der Waals surface area contributed by atoms with E-state index >= 15 is 0 Å². The van der Waals surface area contributed by atoms with E-state index in [1.807, 2.05) is 6.92 Å². The third kappa shape index (κ3) is 2.38. The van der Waals surface area contributed by atoms with Crippen molar-refractivity contribution in [2.24, 2.45) is 5.92 Å². The molecule has 0 bridgehead atoms. The van der Waals surface area contributed by atoms with E-state index in [9.17, 15) is 0 Å². The van der Waals surface area contributed by atoms with Crippen LogP contribution in [0.1, 0.15) is 42.7 Å². The minimum absolute atomic E-state index is 0.175. The Labute approximate surface area is 102 Å². The van der Waals surface area contributed by atoms with Crippen molar-refractivity contribution in [1.29, 1.82) is 0 Å². The molecular weight excluding hydrogens is 216 g/mol.